The predicted molar refractivity (Wildman–Crippen MR) is 68.0 cm³/mol. The summed E-state index contributed by atoms with van der Waals surface area (Å²) < 4.78 is 0. The number of carbonyl (C=O) groups is 1. The van der Waals surface area contributed by atoms with Gasteiger partial charge < -0.3 is 11.1 Å². The summed E-state index contributed by atoms with van der Waals surface area (Å²) in [7, 11) is 0. The van der Waals surface area contributed by atoms with E-state index in [1.807, 2.05) is 6.07 Å². The maximum absolute atomic E-state index is 12.0. The Morgan fingerprint density at radius 3 is 2.67 bits per heavy atom. The van der Waals surface area contributed by atoms with Gasteiger partial charge >= 0.3 is 0 Å². The van der Waals surface area contributed by atoms with Crippen LogP contribution < -0.4 is 11.1 Å². The molecule has 0 aliphatic heterocycles. The number of fused-ring (bicyclic) bond motifs is 1. The van der Waals surface area contributed by atoms with Crippen LogP contribution in [0.3, 0.4) is 0 Å². The first-order chi connectivity index (χ1) is 8.72. The highest BCUT2D eigenvalue weighted by atomic mass is 16.1. The summed E-state index contributed by atoms with van der Waals surface area (Å²) in [6.45, 7) is 0. The molecule has 1 aliphatic carbocycles. The lowest BCUT2D eigenvalue weighted by molar-refractivity contribution is 0.0910. The fourth-order valence-electron chi connectivity index (χ4n) is 2.15. The van der Waals surface area contributed by atoms with Crippen molar-refractivity contribution in [3.63, 3.8) is 0 Å². The Bertz CT molecular complexity index is 592. The van der Waals surface area contributed by atoms with Gasteiger partial charge in [-0.2, -0.15) is 0 Å². The molecule has 0 radical (unpaired) electrons. The fourth-order valence-corrected chi connectivity index (χ4v) is 2.15. The van der Waals surface area contributed by atoms with Crippen LogP contribution in [0.15, 0.2) is 30.6 Å². The molecule has 92 valence electrons. The lowest BCUT2D eigenvalue weighted by Crippen LogP contribution is -2.50. The van der Waals surface area contributed by atoms with E-state index in [0.29, 0.717) is 5.56 Å². The summed E-state index contributed by atoms with van der Waals surface area (Å²) in [6, 6.07) is 5.79. The van der Waals surface area contributed by atoms with Crippen LogP contribution in [0.5, 0.6) is 0 Å². The molecule has 1 aromatic carbocycles. The molecule has 0 atom stereocenters. The number of carbonyl (C=O) groups excluding carboxylic acids is 1. The smallest absolute Gasteiger partial charge is 0.251 e. The molecular formula is C13H14N4O. The third-order valence-electron chi connectivity index (χ3n) is 3.24. The number of hydrogen-bond acceptors (Lipinski definition) is 4. The summed E-state index contributed by atoms with van der Waals surface area (Å²) in [5.41, 5.74) is 7.83. The van der Waals surface area contributed by atoms with Crippen molar-refractivity contribution in [2.24, 2.45) is 5.73 Å². The second-order valence-corrected chi connectivity index (χ2v) is 4.66. The van der Waals surface area contributed by atoms with Crippen LogP contribution >= 0.6 is 0 Å². The van der Waals surface area contributed by atoms with Crippen molar-refractivity contribution < 1.29 is 4.79 Å². The molecule has 3 rings (SSSR count). The number of nitrogens with zero attached hydrogens (tertiary/aromatic N) is 2. The molecule has 1 aromatic heterocycles. The number of hydrogen-bond donors (Lipinski definition) is 2. The summed E-state index contributed by atoms with van der Waals surface area (Å²) in [5.74, 6) is -0.0700. The van der Waals surface area contributed by atoms with E-state index in [-0.39, 0.29) is 18.0 Å². The largest absolute Gasteiger partial charge is 0.349 e. The van der Waals surface area contributed by atoms with Crippen molar-refractivity contribution in [2.75, 3.05) is 0 Å². The minimum Gasteiger partial charge on any atom is -0.349 e. The molecule has 3 N–H and O–H groups in total. The molecule has 1 amide bonds. The highest BCUT2D eigenvalue weighted by molar-refractivity contribution is 5.97. The molecule has 1 heterocycles. The van der Waals surface area contributed by atoms with Crippen molar-refractivity contribution in [1.29, 1.82) is 0 Å². The normalized spacial score (nSPS) is 22.5. The number of nitrogens with one attached hydrogen (secondary N) is 1. The van der Waals surface area contributed by atoms with Crippen molar-refractivity contribution in [3.8, 4) is 0 Å². The first kappa shape index (κ1) is 11.1. The Hall–Kier alpha value is -2.01. The van der Waals surface area contributed by atoms with Crippen molar-refractivity contribution >= 4 is 16.9 Å². The number of benzene rings is 1. The first-order valence-corrected chi connectivity index (χ1v) is 5.99. The zero-order valence-corrected chi connectivity index (χ0v) is 9.84. The van der Waals surface area contributed by atoms with E-state index in [1.54, 1.807) is 24.5 Å². The summed E-state index contributed by atoms with van der Waals surface area (Å²) in [4.78, 5) is 20.4. The standard InChI is InChI=1S/C13H14N4O/c14-9-6-10(7-9)17-13(18)8-1-2-11-12(5-8)16-4-3-15-11/h1-5,9-10H,6-7,14H2,(H,17,18). The van der Waals surface area contributed by atoms with Gasteiger partial charge in [0.1, 0.15) is 0 Å². The molecule has 5 heteroatoms. The van der Waals surface area contributed by atoms with E-state index in [0.717, 1.165) is 23.9 Å². The van der Waals surface area contributed by atoms with Gasteiger partial charge in [0.15, 0.2) is 0 Å². The molecule has 0 unspecified atom stereocenters. The predicted octanol–water partition coefficient (Wildman–Crippen LogP) is 0.849. The zero-order chi connectivity index (χ0) is 12.5. The molecule has 1 fully saturated rings. The Labute approximate surface area is 104 Å². The number of aromatic nitrogens is 2. The van der Waals surface area contributed by atoms with Crippen LogP contribution in [-0.4, -0.2) is 28.0 Å². The lowest BCUT2D eigenvalue weighted by atomic mass is 9.87. The molecule has 1 aliphatic rings. The van der Waals surface area contributed by atoms with Crippen LogP contribution in [0, 0.1) is 0 Å². The van der Waals surface area contributed by atoms with E-state index < -0.39 is 0 Å². The molecular weight excluding hydrogens is 228 g/mol. The third-order valence-corrected chi connectivity index (χ3v) is 3.24. The lowest BCUT2D eigenvalue weighted by Gasteiger charge is -2.32. The maximum Gasteiger partial charge on any atom is 0.251 e. The van der Waals surface area contributed by atoms with E-state index in [4.69, 9.17) is 5.73 Å². The van der Waals surface area contributed by atoms with Gasteiger partial charge in [-0.25, -0.2) is 0 Å². The average molecular weight is 242 g/mol. The monoisotopic (exact) mass is 242 g/mol. The number of amides is 1. The molecule has 0 bridgehead atoms. The van der Waals surface area contributed by atoms with Gasteiger partial charge in [-0.1, -0.05) is 0 Å². The van der Waals surface area contributed by atoms with Crippen molar-refractivity contribution in [3.05, 3.63) is 36.2 Å². The molecule has 0 spiro atoms. The second-order valence-electron chi connectivity index (χ2n) is 4.66. The van der Waals surface area contributed by atoms with Crippen LogP contribution in [0.2, 0.25) is 0 Å². The average Bonchev–Trinajstić information content (AvgIpc) is 2.36. The Balaban J connectivity index is 1.79. The Morgan fingerprint density at radius 2 is 1.94 bits per heavy atom. The topological polar surface area (TPSA) is 80.9 Å². The van der Waals surface area contributed by atoms with Gasteiger partial charge in [-0.05, 0) is 31.0 Å². The van der Waals surface area contributed by atoms with Gasteiger partial charge in [0.25, 0.3) is 5.91 Å². The molecule has 18 heavy (non-hydrogen) atoms. The second kappa shape index (κ2) is 4.34. The van der Waals surface area contributed by atoms with E-state index in [9.17, 15) is 4.79 Å². The van der Waals surface area contributed by atoms with Crippen LogP contribution in [0.1, 0.15) is 23.2 Å². The summed E-state index contributed by atoms with van der Waals surface area (Å²) >= 11 is 0. The van der Waals surface area contributed by atoms with Crippen molar-refractivity contribution in [1.82, 2.24) is 15.3 Å². The molecule has 2 aromatic rings. The third kappa shape index (κ3) is 2.04. The SMILES string of the molecule is NC1CC(NC(=O)c2ccc3nccnc3c2)C1. The Kier molecular flexibility index (Phi) is 2.68. The zero-order valence-electron chi connectivity index (χ0n) is 9.84. The quantitative estimate of drug-likeness (QED) is 0.818. The highest BCUT2D eigenvalue weighted by Gasteiger charge is 2.27. The van der Waals surface area contributed by atoms with Gasteiger partial charge in [0.05, 0.1) is 11.0 Å². The highest BCUT2D eigenvalue weighted by Crippen LogP contribution is 2.18. The minimum absolute atomic E-state index is 0.0700. The molecule has 0 saturated heterocycles. The van der Waals surface area contributed by atoms with E-state index in [1.165, 1.54) is 0 Å². The van der Waals surface area contributed by atoms with E-state index in [2.05, 4.69) is 15.3 Å². The molecule has 1 saturated carbocycles. The van der Waals surface area contributed by atoms with Gasteiger partial charge in [-0.3, -0.25) is 14.8 Å². The maximum atomic E-state index is 12.0. The van der Waals surface area contributed by atoms with Crippen LogP contribution in [0.4, 0.5) is 0 Å². The summed E-state index contributed by atoms with van der Waals surface area (Å²) in [6.07, 6.45) is 4.98. The van der Waals surface area contributed by atoms with Crippen LogP contribution in [0.25, 0.3) is 11.0 Å². The van der Waals surface area contributed by atoms with Gasteiger partial charge in [0.2, 0.25) is 0 Å². The first-order valence-electron chi connectivity index (χ1n) is 5.99. The summed E-state index contributed by atoms with van der Waals surface area (Å²) in [5, 5.41) is 2.96. The number of nitrogens with two attached hydrogens (primary N) is 1. The fraction of sp³-hybridized carbons (Fsp3) is 0.308. The van der Waals surface area contributed by atoms with Gasteiger partial charge in [-0.15, -0.1) is 0 Å². The van der Waals surface area contributed by atoms with Crippen LogP contribution in [-0.2, 0) is 0 Å². The molecule has 5 nitrogen and oxygen atoms in total. The Morgan fingerprint density at radius 1 is 1.22 bits per heavy atom. The van der Waals surface area contributed by atoms with Gasteiger partial charge in [0, 0.05) is 30.0 Å². The van der Waals surface area contributed by atoms with Crippen molar-refractivity contribution in [2.45, 2.75) is 24.9 Å². The number of rotatable bonds is 2. The minimum atomic E-state index is -0.0700. The van der Waals surface area contributed by atoms with E-state index >= 15 is 0 Å².